The summed E-state index contributed by atoms with van der Waals surface area (Å²) < 4.78 is 36.7. The van der Waals surface area contributed by atoms with Gasteiger partial charge in [-0.1, -0.05) is 12.1 Å². The Hall–Kier alpha value is -3.14. The Morgan fingerprint density at radius 2 is 2.07 bits per heavy atom. The van der Waals surface area contributed by atoms with Gasteiger partial charge in [0.15, 0.2) is 0 Å². The second kappa shape index (κ2) is 8.26. The number of nitrogens with zero attached hydrogens (tertiary/aromatic N) is 4. The maximum atomic E-state index is 12.6. The fourth-order valence-electron chi connectivity index (χ4n) is 2.72. The van der Waals surface area contributed by atoms with Crippen LogP contribution in [0.5, 0.6) is 5.75 Å². The minimum Gasteiger partial charge on any atom is -0.496 e. The summed E-state index contributed by atoms with van der Waals surface area (Å²) in [5.74, 6) is -0.0173. The molecule has 0 spiro atoms. The molecular formula is C18H21N5O4S. The Kier molecular flexibility index (Phi) is 5.78. The topological polar surface area (TPSA) is 106 Å². The number of amides is 1. The molecule has 1 aromatic heterocycles. The highest BCUT2D eigenvalue weighted by Gasteiger charge is 2.30. The van der Waals surface area contributed by atoms with Crippen molar-refractivity contribution in [2.45, 2.75) is 13.0 Å². The van der Waals surface area contributed by atoms with Gasteiger partial charge >= 0.3 is 10.2 Å². The van der Waals surface area contributed by atoms with Gasteiger partial charge in [0.05, 0.1) is 19.1 Å². The summed E-state index contributed by atoms with van der Waals surface area (Å²) in [5.41, 5.74) is 0.643. The second-order valence-electron chi connectivity index (χ2n) is 6.06. The number of para-hydroxylation sites is 1. The van der Waals surface area contributed by atoms with Crippen molar-refractivity contribution in [2.24, 2.45) is 4.40 Å². The van der Waals surface area contributed by atoms with Crippen LogP contribution < -0.4 is 10.1 Å². The van der Waals surface area contributed by atoms with Crippen molar-refractivity contribution in [3.63, 3.8) is 0 Å². The Bertz CT molecular complexity index is 1010. The first-order chi connectivity index (χ1) is 13.4. The fourth-order valence-corrected chi connectivity index (χ4v) is 3.63. The maximum Gasteiger partial charge on any atom is 0.345 e. The van der Waals surface area contributed by atoms with Crippen molar-refractivity contribution in [1.29, 1.82) is 0 Å². The average Bonchev–Trinajstić information content (AvgIpc) is 3.20. The molecule has 1 amide bonds. The van der Waals surface area contributed by atoms with E-state index in [9.17, 15) is 13.2 Å². The van der Waals surface area contributed by atoms with Gasteiger partial charge in [-0.2, -0.15) is 8.42 Å². The molecule has 28 heavy (non-hydrogen) atoms. The molecular weight excluding hydrogens is 382 g/mol. The molecule has 0 radical (unpaired) electrons. The van der Waals surface area contributed by atoms with E-state index in [0.29, 0.717) is 30.8 Å². The summed E-state index contributed by atoms with van der Waals surface area (Å²) in [4.78, 5) is 16.6. The van der Waals surface area contributed by atoms with E-state index in [0.717, 1.165) is 4.31 Å². The van der Waals surface area contributed by atoms with Gasteiger partial charge in [0.2, 0.25) is 0 Å². The second-order valence-corrected chi connectivity index (χ2v) is 7.69. The highest BCUT2D eigenvalue weighted by atomic mass is 32.2. The van der Waals surface area contributed by atoms with Crippen LogP contribution in [0.15, 0.2) is 59.2 Å². The molecule has 0 fully saturated rings. The number of carbonyl (C=O) groups is 1. The molecule has 9 nitrogen and oxygen atoms in total. The van der Waals surface area contributed by atoms with E-state index >= 15 is 0 Å². The van der Waals surface area contributed by atoms with Crippen LogP contribution in [0.25, 0.3) is 0 Å². The van der Waals surface area contributed by atoms with Gasteiger partial charge in [-0.25, -0.2) is 9.29 Å². The molecule has 0 saturated heterocycles. The SMILES string of the molecule is COc1ccccc1C1=NS(=O)(=O)N(C)C(C(=O)NCCCn2ccnc2)=C1. The summed E-state index contributed by atoms with van der Waals surface area (Å²) in [6.45, 7) is 1.09. The molecule has 1 aliphatic rings. The van der Waals surface area contributed by atoms with E-state index in [-0.39, 0.29) is 11.4 Å². The summed E-state index contributed by atoms with van der Waals surface area (Å²) in [7, 11) is -1.23. The first kappa shape index (κ1) is 19.6. The Morgan fingerprint density at radius 3 is 2.79 bits per heavy atom. The number of methoxy groups -OCH3 is 1. The van der Waals surface area contributed by atoms with Crippen LogP contribution >= 0.6 is 0 Å². The number of likely N-dealkylation sites (N-methyl/N-ethyl adjacent to an activating group) is 1. The first-order valence-corrected chi connectivity index (χ1v) is 10.00. The molecule has 0 atom stereocenters. The largest absolute Gasteiger partial charge is 0.496 e. The lowest BCUT2D eigenvalue weighted by atomic mass is 10.1. The molecule has 1 aromatic carbocycles. The lowest BCUT2D eigenvalue weighted by molar-refractivity contribution is -0.118. The number of hydrogen-bond donors (Lipinski definition) is 1. The zero-order valence-corrected chi connectivity index (χ0v) is 16.4. The predicted octanol–water partition coefficient (Wildman–Crippen LogP) is 0.961. The third kappa shape index (κ3) is 4.22. The number of ether oxygens (including phenoxy) is 1. The Morgan fingerprint density at radius 1 is 1.29 bits per heavy atom. The molecule has 1 aliphatic heterocycles. The monoisotopic (exact) mass is 403 g/mol. The number of hydrogen-bond acceptors (Lipinski definition) is 5. The summed E-state index contributed by atoms with van der Waals surface area (Å²) in [6.07, 6.45) is 7.34. The van der Waals surface area contributed by atoms with E-state index in [1.165, 1.54) is 20.2 Å². The van der Waals surface area contributed by atoms with Crippen LogP contribution in [-0.2, 0) is 21.5 Å². The van der Waals surface area contributed by atoms with Crippen molar-refractivity contribution >= 4 is 21.8 Å². The lowest BCUT2D eigenvalue weighted by Crippen LogP contribution is -2.39. The van der Waals surface area contributed by atoms with E-state index in [1.807, 2.05) is 10.8 Å². The number of allylic oxidation sites excluding steroid dienone is 1. The fraction of sp³-hybridized carbons (Fsp3) is 0.278. The first-order valence-electron chi connectivity index (χ1n) is 8.60. The van der Waals surface area contributed by atoms with Gasteiger partial charge < -0.3 is 14.6 Å². The summed E-state index contributed by atoms with van der Waals surface area (Å²) in [6, 6.07) is 6.90. The van der Waals surface area contributed by atoms with Gasteiger partial charge in [0.25, 0.3) is 5.91 Å². The van der Waals surface area contributed by atoms with E-state index in [4.69, 9.17) is 4.74 Å². The minimum atomic E-state index is -4.02. The summed E-state index contributed by atoms with van der Waals surface area (Å²) >= 11 is 0. The number of benzene rings is 1. The smallest absolute Gasteiger partial charge is 0.345 e. The molecule has 0 unspecified atom stereocenters. The van der Waals surface area contributed by atoms with Crippen LogP contribution in [0.3, 0.4) is 0 Å². The maximum absolute atomic E-state index is 12.6. The van der Waals surface area contributed by atoms with Crippen molar-refractivity contribution in [3.05, 3.63) is 60.3 Å². The van der Waals surface area contributed by atoms with Crippen molar-refractivity contribution in [2.75, 3.05) is 20.7 Å². The molecule has 2 heterocycles. The lowest BCUT2D eigenvalue weighted by Gasteiger charge is -2.24. The normalized spacial score (nSPS) is 15.6. The molecule has 148 valence electrons. The number of rotatable bonds is 7. The van der Waals surface area contributed by atoms with Crippen LogP contribution in [0.4, 0.5) is 0 Å². The molecule has 10 heteroatoms. The van der Waals surface area contributed by atoms with E-state index in [2.05, 4.69) is 14.7 Å². The highest BCUT2D eigenvalue weighted by molar-refractivity contribution is 7.88. The Balaban J connectivity index is 1.77. The molecule has 0 saturated carbocycles. The number of aromatic nitrogens is 2. The van der Waals surface area contributed by atoms with E-state index < -0.39 is 16.1 Å². The molecule has 0 bridgehead atoms. The average molecular weight is 403 g/mol. The van der Waals surface area contributed by atoms with Gasteiger partial charge in [-0.15, -0.1) is 4.40 Å². The highest BCUT2D eigenvalue weighted by Crippen LogP contribution is 2.25. The van der Waals surface area contributed by atoms with Crippen LogP contribution in [-0.4, -0.2) is 54.6 Å². The molecule has 2 aromatic rings. The van der Waals surface area contributed by atoms with Crippen molar-refractivity contribution < 1.29 is 17.9 Å². The quantitative estimate of drug-likeness (QED) is 0.693. The van der Waals surface area contributed by atoms with Gasteiger partial charge in [0, 0.05) is 38.1 Å². The number of nitrogens with one attached hydrogen (secondary N) is 1. The molecule has 1 N–H and O–H groups in total. The van der Waals surface area contributed by atoms with Gasteiger partial charge in [-0.05, 0) is 24.6 Å². The third-order valence-electron chi connectivity index (χ3n) is 4.23. The van der Waals surface area contributed by atoms with Gasteiger partial charge in [0.1, 0.15) is 11.4 Å². The predicted molar refractivity (Wildman–Crippen MR) is 104 cm³/mol. The summed E-state index contributed by atoms with van der Waals surface area (Å²) in [5, 5.41) is 2.75. The van der Waals surface area contributed by atoms with Crippen LogP contribution in [0.2, 0.25) is 0 Å². The third-order valence-corrected chi connectivity index (χ3v) is 5.54. The standard InChI is InChI=1S/C18H21N5O4S/c1-22-16(18(24)20-8-5-10-23-11-9-19-13-23)12-15(21-28(22,25)26)14-6-3-4-7-17(14)27-2/h3-4,6-7,9,11-13H,5,8,10H2,1-2H3,(H,20,24). The van der Waals surface area contributed by atoms with Crippen LogP contribution in [0, 0.1) is 0 Å². The van der Waals surface area contributed by atoms with E-state index in [1.54, 1.807) is 36.8 Å². The minimum absolute atomic E-state index is 0.00135. The molecule has 3 rings (SSSR count). The zero-order chi connectivity index (χ0) is 20.1. The zero-order valence-electron chi connectivity index (χ0n) is 15.6. The van der Waals surface area contributed by atoms with Gasteiger partial charge in [-0.3, -0.25) is 4.79 Å². The Labute approximate surface area is 163 Å². The van der Waals surface area contributed by atoms with Crippen molar-refractivity contribution in [3.8, 4) is 5.75 Å². The van der Waals surface area contributed by atoms with Crippen molar-refractivity contribution in [1.82, 2.24) is 19.2 Å². The number of carbonyl (C=O) groups excluding carboxylic acids is 1. The number of imidazole rings is 1. The molecule has 0 aliphatic carbocycles. The number of aryl methyl sites for hydroxylation is 1. The van der Waals surface area contributed by atoms with Crippen LogP contribution in [0.1, 0.15) is 12.0 Å².